The fraction of sp³-hybridized carbons (Fsp3) is 0.368. The molecule has 2 aromatic rings. The minimum Gasteiger partial charge on any atom is -0.487 e. The van der Waals surface area contributed by atoms with Crippen molar-refractivity contribution < 1.29 is 9.22 Å². The number of likely N-dealkylation sites (N-methyl/N-ethyl adjacent to an activating group) is 1. The lowest BCUT2D eigenvalue weighted by molar-refractivity contribution is -0.906. The van der Waals surface area contributed by atoms with Crippen LogP contribution in [0.15, 0.2) is 54.6 Å². The predicted molar refractivity (Wildman–Crippen MR) is 89.5 cm³/mol. The third-order valence-electron chi connectivity index (χ3n) is 4.39. The fourth-order valence-electron chi connectivity index (χ4n) is 2.36. The van der Waals surface area contributed by atoms with Gasteiger partial charge in [0.05, 0.1) is 20.1 Å². The molecule has 0 bridgehead atoms. The van der Waals surface area contributed by atoms with Gasteiger partial charge in [-0.05, 0) is 25.5 Å². The number of hydrogen-bond donors (Lipinski definition) is 0. The highest BCUT2D eigenvalue weighted by molar-refractivity contribution is 5.70. The van der Waals surface area contributed by atoms with Gasteiger partial charge in [-0.1, -0.05) is 48.5 Å². The number of hydrogen-bond acceptors (Lipinski definition) is 1. The molecule has 0 aromatic heterocycles. The van der Waals surface area contributed by atoms with Crippen molar-refractivity contribution in [2.45, 2.75) is 13.8 Å². The van der Waals surface area contributed by atoms with E-state index in [0.29, 0.717) is 0 Å². The first kappa shape index (κ1) is 15.6. The summed E-state index contributed by atoms with van der Waals surface area (Å²) in [7, 11) is 2.28. The summed E-state index contributed by atoms with van der Waals surface area (Å²) in [4.78, 5) is 0. The lowest BCUT2D eigenvalue weighted by Gasteiger charge is -2.32. The van der Waals surface area contributed by atoms with Crippen molar-refractivity contribution in [3.63, 3.8) is 0 Å². The Morgan fingerprint density at radius 2 is 1.48 bits per heavy atom. The fourth-order valence-corrected chi connectivity index (χ4v) is 2.36. The van der Waals surface area contributed by atoms with Gasteiger partial charge in [-0.3, -0.25) is 0 Å². The van der Waals surface area contributed by atoms with Crippen molar-refractivity contribution in [3.05, 3.63) is 54.6 Å². The van der Waals surface area contributed by atoms with E-state index in [4.69, 9.17) is 4.74 Å². The lowest BCUT2D eigenvalue weighted by atomic mass is 10.1. The third kappa shape index (κ3) is 4.08. The van der Waals surface area contributed by atoms with Crippen LogP contribution < -0.4 is 4.74 Å². The minimum atomic E-state index is 0.752. The van der Waals surface area contributed by atoms with Crippen LogP contribution in [0.2, 0.25) is 0 Å². The first-order valence-corrected chi connectivity index (χ1v) is 7.79. The number of para-hydroxylation sites is 1. The van der Waals surface area contributed by atoms with E-state index in [2.05, 4.69) is 63.4 Å². The standard InChI is InChI=1S/C19H26NO/c1-4-20(3,5-2)15-16-21-19-14-10-9-13-18(19)17-11-7-6-8-12-17/h6-14H,4-5,15-16H2,1-3H3/q+1. The maximum absolute atomic E-state index is 6.08. The second-order valence-electron chi connectivity index (χ2n) is 5.69. The molecule has 0 aliphatic rings. The van der Waals surface area contributed by atoms with E-state index in [1.807, 2.05) is 12.1 Å². The molecular weight excluding hydrogens is 258 g/mol. The van der Waals surface area contributed by atoms with Gasteiger partial charge < -0.3 is 9.22 Å². The smallest absolute Gasteiger partial charge is 0.137 e. The van der Waals surface area contributed by atoms with Gasteiger partial charge in [0.25, 0.3) is 0 Å². The molecule has 0 atom stereocenters. The van der Waals surface area contributed by atoms with Gasteiger partial charge in [0.15, 0.2) is 0 Å². The molecule has 0 amide bonds. The van der Waals surface area contributed by atoms with Crippen LogP contribution in [0.3, 0.4) is 0 Å². The van der Waals surface area contributed by atoms with Gasteiger partial charge in [-0.15, -0.1) is 0 Å². The Morgan fingerprint density at radius 1 is 0.857 bits per heavy atom. The summed E-state index contributed by atoms with van der Waals surface area (Å²) in [5.41, 5.74) is 2.37. The van der Waals surface area contributed by atoms with Crippen LogP contribution in [-0.4, -0.2) is 37.8 Å². The molecule has 0 radical (unpaired) electrons. The maximum atomic E-state index is 6.08. The van der Waals surface area contributed by atoms with Crippen LogP contribution in [0.4, 0.5) is 0 Å². The molecular formula is C19H26NO+. The van der Waals surface area contributed by atoms with E-state index >= 15 is 0 Å². The summed E-state index contributed by atoms with van der Waals surface area (Å²) >= 11 is 0. The van der Waals surface area contributed by atoms with Crippen molar-refractivity contribution >= 4 is 0 Å². The van der Waals surface area contributed by atoms with E-state index in [9.17, 15) is 0 Å². The summed E-state index contributed by atoms with van der Waals surface area (Å²) in [6.07, 6.45) is 0. The zero-order valence-electron chi connectivity index (χ0n) is 13.4. The Hall–Kier alpha value is -1.80. The number of nitrogens with zero attached hydrogens (tertiary/aromatic N) is 1. The molecule has 0 saturated heterocycles. The Labute approximate surface area is 128 Å². The molecule has 0 unspecified atom stereocenters. The van der Waals surface area contributed by atoms with Crippen molar-refractivity contribution in [2.24, 2.45) is 0 Å². The summed E-state index contributed by atoms with van der Waals surface area (Å²) < 4.78 is 7.12. The molecule has 21 heavy (non-hydrogen) atoms. The topological polar surface area (TPSA) is 9.23 Å². The van der Waals surface area contributed by atoms with Crippen LogP contribution in [0.25, 0.3) is 11.1 Å². The quantitative estimate of drug-likeness (QED) is 0.692. The number of benzene rings is 2. The molecule has 0 aliphatic carbocycles. The molecule has 0 saturated carbocycles. The Kier molecular flexibility index (Phi) is 5.40. The molecule has 0 aliphatic heterocycles. The van der Waals surface area contributed by atoms with Crippen molar-refractivity contribution in [1.29, 1.82) is 0 Å². The molecule has 0 spiro atoms. The van der Waals surface area contributed by atoms with Gasteiger partial charge in [-0.2, -0.15) is 0 Å². The van der Waals surface area contributed by atoms with Crippen LogP contribution in [-0.2, 0) is 0 Å². The highest BCUT2D eigenvalue weighted by Crippen LogP contribution is 2.29. The molecule has 112 valence electrons. The van der Waals surface area contributed by atoms with E-state index in [-0.39, 0.29) is 0 Å². The summed E-state index contributed by atoms with van der Waals surface area (Å²) in [5.74, 6) is 0.974. The SMILES string of the molecule is CC[N+](C)(CC)CCOc1ccccc1-c1ccccc1. The number of rotatable bonds is 7. The molecule has 2 heteroatoms. The van der Waals surface area contributed by atoms with Crippen molar-refractivity contribution in [3.8, 4) is 16.9 Å². The molecule has 0 fully saturated rings. The highest BCUT2D eigenvalue weighted by atomic mass is 16.5. The zero-order valence-corrected chi connectivity index (χ0v) is 13.4. The van der Waals surface area contributed by atoms with Gasteiger partial charge in [-0.25, -0.2) is 0 Å². The first-order valence-electron chi connectivity index (χ1n) is 7.79. The summed E-state index contributed by atoms with van der Waals surface area (Å²) in [5, 5.41) is 0. The lowest BCUT2D eigenvalue weighted by Crippen LogP contribution is -2.46. The zero-order chi connectivity index (χ0) is 15.1. The van der Waals surface area contributed by atoms with Crippen molar-refractivity contribution in [2.75, 3.05) is 33.3 Å². The van der Waals surface area contributed by atoms with Crippen LogP contribution in [0.1, 0.15) is 13.8 Å². The predicted octanol–water partition coefficient (Wildman–Crippen LogP) is 4.22. The van der Waals surface area contributed by atoms with Gasteiger partial charge in [0, 0.05) is 5.56 Å². The molecule has 2 rings (SSSR count). The number of quaternary nitrogens is 1. The molecule has 2 nitrogen and oxygen atoms in total. The van der Waals surface area contributed by atoms with Crippen molar-refractivity contribution in [1.82, 2.24) is 0 Å². The van der Waals surface area contributed by atoms with E-state index in [1.165, 1.54) is 11.1 Å². The second kappa shape index (κ2) is 7.28. The Morgan fingerprint density at radius 3 is 2.14 bits per heavy atom. The molecule has 2 aromatic carbocycles. The Balaban J connectivity index is 2.08. The summed E-state index contributed by atoms with van der Waals surface area (Å²) in [6.45, 7) is 8.54. The largest absolute Gasteiger partial charge is 0.487 e. The maximum Gasteiger partial charge on any atom is 0.137 e. The van der Waals surface area contributed by atoms with Gasteiger partial charge >= 0.3 is 0 Å². The van der Waals surface area contributed by atoms with E-state index in [1.54, 1.807) is 0 Å². The molecule has 0 heterocycles. The van der Waals surface area contributed by atoms with E-state index < -0.39 is 0 Å². The van der Waals surface area contributed by atoms with Crippen LogP contribution in [0.5, 0.6) is 5.75 Å². The van der Waals surface area contributed by atoms with Gasteiger partial charge in [0.1, 0.15) is 18.9 Å². The van der Waals surface area contributed by atoms with Gasteiger partial charge in [0.2, 0.25) is 0 Å². The normalized spacial score (nSPS) is 11.4. The Bertz CT molecular complexity index is 547. The average Bonchev–Trinajstić information content (AvgIpc) is 2.56. The van der Waals surface area contributed by atoms with E-state index in [0.717, 1.165) is 36.5 Å². The average molecular weight is 284 g/mol. The monoisotopic (exact) mass is 284 g/mol. The summed E-state index contributed by atoms with van der Waals surface area (Å²) in [6, 6.07) is 18.7. The molecule has 0 N–H and O–H groups in total. The second-order valence-corrected chi connectivity index (χ2v) is 5.69. The first-order chi connectivity index (χ1) is 10.2. The number of ether oxygens (including phenoxy) is 1. The highest BCUT2D eigenvalue weighted by Gasteiger charge is 2.16. The van der Waals surface area contributed by atoms with Crippen LogP contribution >= 0.6 is 0 Å². The van der Waals surface area contributed by atoms with Crippen LogP contribution in [0, 0.1) is 0 Å². The minimum absolute atomic E-state index is 0.752. The third-order valence-corrected chi connectivity index (χ3v) is 4.39.